The molecule has 3 rings (SSSR count). The summed E-state index contributed by atoms with van der Waals surface area (Å²) in [4.78, 5) is 5.21. The number of para-hydroxylation sites is 1. The molecule has 1 aromatic carbocycles. The lowest BCUT2D eigenvalue weighted by atomic mass is 9.96. The van der Waals surface area contributed by atoms with Gasteiger partial charge in [0.1, 0.15) is 5.75 Å². The van der Waals surface area contributed by atoms with Crippen molar-refractivity contribution in [2.45, 2.75) is 19.3 Å². The summed E-state index contributed by atoms with van der Waals surface area (Å²) in [5.74, 6) is 1.82. The van der Waals surface area contributed by atoms with Crippen molar-refractivity contribution in [3.05, 3.63) is 29.8 Å². The largest absolute Gasteiger partial charge is 0.493 e. The van der Waals surface area contributed by atoms with Crippen LogP contribution in [0.25, 0.3) is 0 Å². The van der Waals surface area contributed by atoms with Crippen LogP contribution in [-0.4, -0.2) is 69.4 Å². The first-order valence-electron chi connectivity index (χ1n) is 8.99. The Hall–Kier alpha value is -1.10. The Balaban J connectivity index is 1.44. The summed E-state index contributed by atoms with van der Waals surface area (Å²) in [6, 6.07) is 8.53. The van der Waals surface area contributed by atoms with Crippen molar-refractivity contribution < 1.29 is 9.47 Å². The molecule has 2 aliphatic rings. The number of methoxy groups -OCH3 is 1. The molecule has 1 fully saturated rings. The Labute approximate surface area is 140 Å². The number of rotatable bonds is 6. The van der Waals surface area contributed by atoms with E-state index in [0.29, 0.717) is 0 Å². The van der Waals surface area contributed by atoms with Crippen LogP contribution in [-0.2, 0) is 11.2 Å². The molecule has 2 aliphatic heterocycles. The number of piperazine rings is 1. The van der Waals surface area contributed by atoms with Gasteiger partial charge < -0.3 is 19.3 Å². The maximum Gasteiger partial charge on any atom is 0.122 e. The lowest BCUT2D eigenvalue weighted by molar-refractivity contribution is 0.103. The van der Waals surface area contributed by atoms with Gasteiger partial charge in [-0.25, -0.2) is 0 Å². The number of benzene rings is 1. The molecule has 128 valence electrons. The van der Waals surface area contributed by atoms with Crippen LogP contribution in [0.3, 0.4) is 0 Å². The van der Waals surface area contributed by atoms with Gasteiger partial charge in [-0.3, -0.25) is 0 Å². The standard InChI is InChI=1S/C19H30N2O2/c1-22-13-4-8-20-9-11-21(12-10-20)16-17-7-14-23-19-6-3-2-5-18(19)15-17/h2-3,5-6,17H,4,7-16H2,1H3/t17-/m1/s1. The van der Waals surface area contributed by atoms with Crippen LogP contribution in [0.2, 0.25) is 0 Å². The first kappa shape index (κ1) is 16.7. The second-order valence-corrected chi connectivity index (χ2v) is 6.80. The van der Waals surface area contributed by atoms with E-state index >= 15 is 0 Å². The monoisotopic (exact) mass is 318 g/mol. The third kappa shape index (κ3) is 4.93. The Morgan fingerprint density at radius 2 is 1.91 bits per heavy atom. The molecule has 23 heavy (non-hydrogen) atoms. The van der Waals surface area contributed by atoms with Gasteiger partial charge in [-0.1, -0.05) is 18.2 Å². The van der Waals surface area contributed by atoms with Gasteiger partial charge in [0.2, 0.25) is 0 Å². The molecule has 0 aliphatic carbocycles. The minimum Gasteiger partial charge on any atom is -0.493 e. The van der Waals surface area contributed by atoms with Crippen LogP contribution < -0.4 is 4.74 Å². The summed E-state index contributed by atoms with van der Waals surface area (Å²) in [7, 11) is 1.78. The highest BCUT2D eigenvalue weighted by atomic mass is 16.5. The van der Waals surface area contributed by atoms with E-state index in [1.807, 2.05) is 0 Å². The van der Waals surface area contributed by atoms with Crippen molar-refractivity contribution in [3.63, 3.8) is 0 Å². The van der Waals surface area contributed by atoms with E-state index in [-0.39, 0.29) is 0 Å². The van der Waals surface area contributed by atoms with Crippen molar-refractivity contribution >= 4 is 0 Å². The number of nitrogens with zero attached hydrogens (tertiary/aromatic N) is 2. The van der Waals surface area contributed by atoms with Gasteiger partial charge in [-0.2, -0.15) is 0 Å². The molecule has 0 bridgehead atoms. The highest BCUT2D eigenvalue weighted by Gasteiger charge is 2.22. The molecule has 1 aromatic rings. The molecule has 0 radical (unpaired) electrons. The molecule has 1 atom stereocenters. The van der Waals surface area contributed by atoms with E-state index in [4.69, 9.17) is 9.47 Å². The first-order chi connectivity index (χ1) is 11.3. The predicted octanol–water partition coefficient (Wildman–Crippen LogP) is 2.28. The van der Waals surface area contributed by atoms with E-state index in [1.54, 1.807) is 7.11 Å². The zero-order valence-corrected chi connectivity index (χ0v) is 14.4. The average molecular weight is 318 g/mol. The van der Waals surface area contributed by atoms with Gasteiger partial charge in [0.25, 0.3) is 0 Å². The van der Waals surface area contributed by atoms with Crippen LogP contribution in [0.1, 0.15) is 18.4 Å². The molecular weight excluding hydrogens is 288 g/mol. The summed E-state index contributed by atoms with van der Waals surface area (Å²) in [5.41, 5.74) is 1.38. The van der Waals surface area contributed by atoms with E-state index in [2.05, 4.69) is 34.1 Å². The summed E-state index contributed by atoms with van der Waals surface area (Å²) in [6.45, 7) is 8.92. The van der Waals surface area contributed by atoms with Gasteiger partial charge in [0.05, 0.1) is 6.61 Å². The second kappa shape index (κ2) is 8.67. The number of fused-ring (bicyclic) bond motifs is 1. The van der Waals surface area contributed by atoms with Crippen LogP contribution in [0.15, 0.2) is 24.3 Å². The Morgan fingerprint density at radius 3 is 2.74 bits per heavy atom. The molecule has 0 N–H and O–H groups in total. The van der Waals surface area contributed by atoms with Crippen LogP contribution in [0.5, 0.6) is 5.75 Å². The number of hydrogen-bond donors (Lipinski definition) is 0. The van der Waals surface area contributed by atoms with Gasteiger partial charge in [0, 0.05) is 53.0 Å². The van der Waals surface area contributed by atoms with E-state index in [1.165, 1.54) is 51.3 Å². The summed E-state index contributed by atoms with van der Waals surface area (Å²) >= 11 is 0. The Kier molecular flexibility index (Phi) is 6.31. The summed E-state index contributed by atoms with van der Waals surface area (Å²) in [5, 5.41) is 0. The van der Waals surface area contributed by atoms with Crippen LogP contribution in [0.4, 0.5) is 0 Å². The average Bonchev–Trinajstić information content (AvgIpc) is 2.78. The van der Waals surface area contributed by atoms with Crippen molar-refractivity contribution in [2.75, 3.05) is 59.6 Å². The molecule has 4 heteroatoms. The third-order valence-electron chi connectivity index (χ3n) is 5.07. The Morgan fingerprint density at radius 1 is 1.13 bits per heavy atom. The van der Waals surface area contributed by atoms with Crippen LogP contribution >= 0.6 is 0 Å². The van der Waals surface area contributed by atoms with Crippen LogP contribution in [0, 0.1) is 5.92 Å². The SMILES string of the molecule is COCCCN1CCN(C[C@@H]2CCOc3ccccc3C2)CC1. The molecule has 2 heterocycles. The van der Waals surface area contributed by atoms with E-state index in [0.717, 1.165) is 37.7 Å². The maximum absolute atomic E-state index is 5.90. The first-order valence-corrected chi connectivity index (χ1v) is 8.99. The maximum atomic E-state index is 5.90. The fraction of sp³-hybridized carbons (Fsp3) is 0.684. The fourth-order valence-electron chi connectivity index (χ4n) is 3.71. The predicted molar refractivity (Wildman–Crippen MR) is 93.1 cm³/mol. The highest BCUT2D eigenvalue weighted by Crippen LogP contribution is 2.27. The third-order valence-corrected chi connectivity index (χ3v) is 5.07. The summed E-state index contributed by atoms with van der Waals surface area (Å²) in [6.07, 6.45) is 3.47. The fourth-order valence-corrected chi connectivity index (χ4v) is 3.71. The van der Waals surface area contributed by atoms with Crippen molar-refractivity contribution in [1.82, 2.24) is 9.80 Å². The number of hydrogen-bond acceptors (Lipinski definition) is 4. The topological polar surface area (TPSA) is 24.9 Å². The molecule has 0 aromatic heterocycles. The minimum atomic E-state index is 0.721. The highest BCUT2D eigenvalue weighted by molar-refractivity contribution is 5.34. The molecule has 1 saturated heterocycles. The van der Waals surface area contributed by atoms with Crippen molar-refractivity contribution in [1.29, 1.82) is 0 Å². The number of ether oxygens (including phenoxy) is 2. The van der Waals surface area contributed by atoms with Gasteiger partial charge in [-0.15, -0.1) is 0 Å². The normalized spacial score (nSPS) is 23.1. The van der Waals surface area contributed by atoms with Gasteiger partial charge in [0.15, 0.2) is 0 Å². The van der Waals surface area contributed by atoms with Gasteiger partial charge in [-0.05, 0) is 36.8 Å². The molecule has 0 spiro atoms. The minimum absolute atomic E-state index is 0.721. The van der Waals surface area contributed by atoms with E-state index < -0.39 is 0 Å². The summed E-state index contributed by atoms with van der Waals surface area (Å²) < 4.78 is 11.0. The smallest absolute Gasteiger partial charge is 0.122 e. The van der Waals surface area contributed by atoms with Gasteiger partial charge >= 0.3 is 0 Å². The molecule has 0 unspecified atom stereocenters. The second-order valence-electron chi connectivity index (χ2n) is 6.80. The zero-order chi connectivity index (χ0) is 15.9. The zero-order valence-electron chi connectivity index (χ0n) is 14.4. The molecule has 4 nitrogen and oxygen atoms in total. The lowest BCUT2D eigenvalue weighted by Gasteiger charge is -2.36. The van der Waals surface area contributed by atoms with Crippen molar-refractivity contribution in [2.24, 2.45) is 5.92 Å². The van der Waals surface area contributed by atoms with Crippen molar-refractivity contribution in [3.8, 4) is 5.75 Å². The quantitative estimate of drug-likeness (QED) is 0.751. The lowest BCUT2D eigenvalue weighted by Crippen LogP contribution is -2.48. The molecule has 0 amide bonds. The van der Waals surface area contributed by atoms with E-state index in [9.17, 15) is 0 Å². The molecule has 0 saturated carbocycles. The Bertz CT molecular complexity index is 472. The molecular formula is C19H30N2O2.